The molecule has 1 aliphatic carbocycles. The largest absolute Gasteiger partial charge is 0.383 e. The molecule has 1 nitrogen and oxygen atoms in total. The first-order valence-corrected chi connectivity index (χ1v) is 5.24. The molecular weight excluding hydrogens is 158 g/mol. The Morgan fingerprint density at radius 1 is 1.46 bits per heavy atom. The van der Waals surface area contributed by atoms with Crippen LogP contribution in [-0.2, 0) is 0 Å². The van der Waals surface area contributed by atoms with Crippen molar-refractivity contribution in [2.24, 2.45) is 5.92 Å². The van der Waals surface area contributed by atoms with E-state index >= 15 is 0 Å². The molecule has 1 aliphatic heterocycles. The highest BCUT2D eigenvalue weighted by atomic mass is 15.0. The predicted octanol–water partition coefficient (Wildman–Crippen LogP) is 3.00. The van der Waals surface area contributed by atoms with Crippen molar-refractivity contribution in [3.05, 3.63) is 23.4 Å². The first-order chi connectivity index (χ1) is 6.08. The molecule has 1 fully saturated rings. The Morgan fingerprint density at radius 3 is 3.00 bits per heavy atom. The molecule has 1 unspecified atom stereocenters. The van der Waals surface area contributed by atoms with Gasteiger partial charge in [0, 0.05) is 17.2 Å². The van der Waals surface area contributed by atoms with Crippen molar-refractivity contribution in [3.63, 3.8) is 0 Å². The highest BCUT2D eigenvalue weighted by Gasteiger charge is 2.30. The summed E-state index contributed by atoms with van der Waals surface area (Å²) in [5.41, 5.74) is 3.24. The van der Waals surface area contributed by atoms with Crippen molar-refractivity contribution in [1.29, 1.82) is 0 Å². The highest BCUT2D eigenvalue weighted by molar-refractivity contribution is 5.31. The van der Waals surface area contributed by atoms with Crippen LogP contribution in [0.15, 0.2) is 23.4 Å². The van der Waals surface area contributed by atoms with E-state index in [1.165, 1.54) is 30.5 Å². The highest BCUT2D eigenvalue weighted by Crippen LogP contribution is 2.35. The first-order valence-electron chi connectivity index (χ1n) is 5.24. The summed E-state index contributed by atoms with van der Waals surface area (Å²) >= 11 is 0. The van der Waals surface area contributed by atoms with E-state index in [2.05, 4.69) is 38.2 Å². The summed E-state index contributed by atoms with van der Waals surface area (Å²) < 4.78 is 0. The minimum absolute atomic E-state index is 0.304. The van der Waals surface area contributed by atoms with E-state index in [-0.39, 0.29) is 0 Å². The average molecular weight is 177 g/mol. The summed E-state index contributed by atoms with van der Waals surface area (Å²) in [4.78, 5) is 0. The average Bonchev–Trinajstić information content (AvgIpc) is 2.06. The van der Waals surface area contributed by atoms with Crippen LogP contribution in [0.2, 0.25) is 0 Å². The smallest absolute Gasteiger partial charge is 0.0315 e. The van der Waals surface area contributed by atoms with Crippen molar-refractivity contribution in [3.8, 4) is 0 Å². The molecule has 0 aromatic carbocycles. The van der Waals surface area contributed by atoms with Crippen molar-refractivity contribution in [1.82, 2.24) is 5.32 Å². The Kier molecular flexibility index (Phi) is 1.98. The quantitative estimate of drug-likeness (QED) is 0.600. The van der Waals surface area contributed by atoms with Crippen LogP contribution in [0, 0.1) is 5.92 Å². The molecule has 1 N–H and O–H groups in total. The molecule has 1 heterocycles. The van der Waals surface area contributed by atoms with Gasteiger partial charge in [0.1, 0.15) is 0 Å². The number of rotatable bonds is 0. The lowest BCUT2D eigenvalue weighted by molar-refractivity contribution is 0.285. The van der Waals surface area contributed by atoms with Gasteiger partial charge in [0.25, 0.3) is 0 Å². The molecular formula is C12H19N. The van der Waals surface area contributed by atoms with Crippen LogP contribution in [0.5, 0.6) is 0 Å². The molecule has 0 aromatic heterocycles. The van der Waals surface area contributed by atoms with Crippen LogP contribution in [0.3, 0.4) is 0 Å². The number of nitrogens with one attached hydrogen (secondary N) is 1. The zero-order valence-corrected chi connectivity index (χ0v) is 8.85. The number of hydrogen-bond acceptors (Lipinski definition) is 1. The second kappa shape index (κ2) is 2.90. The summed E-state index contributed by atoms with van der Waals surface area (Å²) in [5.74, 6) is 0.776. The lowest BCUT2D eigenvalue weighted by Gasteiger charge is -2.40. The van der Waals surface area contributed by atoms with Gasteiger partial charge in [-0.05, 0) is 45.6 Å². The monoisotopic (exact) mass is 177 g/mol. The van der Waals surface area contributed by atoms with Crippen LogP contribution in [0.1, 0.15) is 40.0 Å². The molecule has 0 radical (unpaired) electrons. The maximum atomic E-state index is 3.67. The third-order valence-electron chi connectivity index (χ3n) is 3.21. The number of fused-ring (bicyclic) bond motifs is 1. The zero-order chi connectivity index (χ0) is 9.47. The Labute approximate surface area is 80.9 Å². The lowest BCUT2D eigenvalue weighted by atomic mass is 9.80. The summed E-state index contributed by atoms with van der Waals surface area (Å²) in [5, 5.41) is 3.67. The van der Waals surface area contributed by atoms with Crippen LogP contribution in [0.4, 0.5) is 0 Å². The molecule has 0 amide bonds. The van der Waals surface area contributed by atoms with Gasteiger partial charge in [0.05, 0.1) is 0 Å². The van der Waals surface area contributed by atoms with Gasteiger partial charge in [-0.25, -0.2) is 0 Å². The van der Waals surface area contributed by atoms with Gasteiger partial charge in [0.2, 0.25) is 0 Å². The molecule has 2 rings (SSSR count). The SMILES string of the molecule is CC1=C2NC(C)(C)CCC2CC=C1. The summed E-state index contributed by atoms with van der Waals surface area (Å²) in [6.45, 7) is 6.80. The third-order valence-corrected chi connectivity index (χ3v) is 3.21. The van der Waals surface area contributed by atoms with E-state index in [1.807, 2.05) is 0 Å². The normalized spacial score (nSPS) is 31.2. The standard InChI is InChI=1S/C12H19N/c1-9-5-4-6-10-7-8-12(2,3)13-11(9)10/h4-5,10,13H,6-8H2,1-3H3. The van der Waals surface area contributed by atoms with Crippen LogP contribution in [0.25, 0.3) is 0 Å². The fourth-order valence-corrected chi connectivity index (χ4v) is 2.36. The Morgan fingerprint density at radius 2 is 2.23 bits per heavy atom. The first kappa shape index (κ1) is 8.86. The van der Waals surface area contributed by atoms with E-state index in [0.717, 1.165) is 5.92 Å². The third kappa shape index (κ3) is 1.65. The molecule has 0 aromatic rings. The van der Waals surface area contributed by atoms with Crippen LogP contribution in [-0.4, -0.2) is 5.54 Å². The van der Waals surface area contributed by atoms with E-state index < -0.39 is 0 Å². The van der Waals surface area contributed by atoms with E-state index in [1.54, 1.807) is 0 Å². The molecule has 72 valence electrons. The maximum Gasteiger partial charge on any atom is 0.0315 e. The lowest BCUT2D eigenvalue weighted by Crippen LogP contribution is -2.45. The van der Waals surface area contributed by atoms with Gasteiger partial charge in [-0.15, -0.1) is 0 Å². The summed E-state index contributed by atoms with van der Waals surface area (Å²) in [6.07, 6.45) is 8.43. The molecule has 1 heteroatoms. The van der Waals surface area contributed by atoms with Gasteiger partial charge >= 0.3 is 0 Å². The van der Waals surface area contributed by atoms with Gasteiger partial charge < -0.3 is 5.32 Å². The molecule has 0 spiro atoms. The van der Waals surface area contributed by atoms with Gasteiger partial charge in [-0.2, -0.15) is 0 Å². The van der Waals surface area contributed by atoms with Crippen LogP contribution < -0.4 is 5.32 Å². The minimum Gasteiger partial charge on any atom is -0.383 e. The van der Waals surface area contributed by atoms with E-state index in [0.29, 0.717) is 5.54 Å². The minimum atomic E-state index is 0.304. The summed E-state index contributed by atoms with van der Waals surface area (Å²) in [7, 11) is 0. The van der Waals surface area contributed by atoms with Gasteiger partial charge in [-0.1, -0.05) is 12.2 Å². The van der Waals surface area contributed by atoms with E-state index in [4.69, 9.17) is 0 Å². The second-order valence-corrected chi connectivity index (χ2v) is 4.98. The zero-order valence-electron chi connectivity index (χ0n) is 8.85. The Hall–Kier alpha value is -0.720. The number of piperidine rings is 1. The Bertz CT molecular complexity index is 271. The maximum absolute atomic E-state index is 3.67. The Balaban J connectivity index is 2.26. The summed E-state index contributed by atoms with van der Waals surface area (Å²) in [6, 6.07) is 0. The fourth-order valence-electron chi connectivity index (χ4n) is 2.36. The molecule has 0 bridgehead atoms. The van der Waals surface area contributed by atoms with Crippen molar-refractivity contribution < 1.29 is 0 Å². The number of hydrogen-bond donors (Lipinski definition) is 1. The fraction of sp³-hybridized carbons (Fsp3) is 0.667. The predicted molar refractivity (Wildman–Crippen MR) is 56.4 cm³/mol. The van der Waals surface area contributed by atoms with Crippen LogP contribution >= 0.6 is 0 Å². The molecule has 0 saturated carbocycles. The second-order valence-electron chi connectivity index (χ2n) is 4.98. The number of allylic oxidation sites excluding steroid dienone is 4. The molecule has 1 saturated heterocycles. The van der Waals surface area contributed by atoms with Crippen molar-refractivity contribution in [2.75, 3.05) is 0 Å². The van der Waals surface area contributed by atoms with Crippen molar-refractivity contribution >= 4 is 0 Å². The van der Waals surface area contributed by atoms with Crippen molar-refractivity contribution in [2.45, 2.75) is 45.6 Å². The van der Waals surface area contributed by atoms with Gasteiger partial charge in [0.15, 0.2) is 0 Å². The molecule has 1 atom stereocenters. The van der Waals surface area contributed by atoms with E-state index in [9.17, 15) is 0 Å². The topological polar surface area (TPSA) is 12.0 Å². The molecule has 13 heavy (non-hydrogen) atoms. The molecule has 2 aliphatic rings. The van der Waals surface area contributed by atoms with Gasteiger partial charge in [-0.3, -0.25) is 0 Å².